The fraction of sp³-hybridized carbons (Fsp3) is 0.923. The number of rotatable bonds is 19. The van der Waals surface area contributed by atoms with Crippen LogP contribution < -0.4 is 0 Å². The van der Waals surface area contributed by atoms with Gasteiger partial charge in [-0.2, -0.15) is 0 Å². The Morgan fingerprint density at radius 1 is 0.692 bits per heavy atom. The van der Waals surface area contributed by atoms with Crippen LogP contribution in [0.4, 0.5) is 0 Å². The second-order valence-electron chi connectivity index (χ2n) is 9.11. The van der Waals surface area contributed by atoms with Crippen LogP contribution in [0.1, 0.15) is 144 Å². The van der Waals surface area contributed by atoms with Gasteiger partial charge in [0.25, 0.3) is 0 Å². The van der Waals surface area contributed by atoms with E-state index in [1.807, 2.05) is 0 Å². The summed E-state index contributed by atoms with van der Waals surface area (Å²) in [5, 5.41) is 0. The summed E-state index contributed by atoms with van der Waals surface area (Å²) in [6.07, 6.45) is 23.6. The normalized spacial score (nSPS) is 13.1. The molecule has 0 aliphatic rings. The van der Waals surface area contributed by atoms with E-state index in [9.17, 15) is 0 Å². The lowest BCUT2D eigenvalue weighted by molar-refractivity contribution is 0.209. The minimum Gasteiger partial charge on any atom is -0.0999 e. The van der Waals surface area contributed by atoms with Gasteiger partial charge < -0.3 is 0 Å². The molecule has 0 saturated carbocycles. The van der Waals surface area contributed by atoms with E-state index < -0.39 is 0 Å². The summed E-state index contributed by atoms with van der Waals surface area (Å²) < 4.78 is 0. The van der Waals surface area contributed by atoms with Crippen LogP contribution in [-0.2, 0) is 0 Å². The van der Waals surface area contributed by atoms with Gasteiger partial charge in [0, 0.05) is 0 Å². The third kappa shape index (κ3) is 13.0. The standard InChI is InChI=1S/C26H52/c1-7-11-19-25(6)20-16-14-12-13-15-17-22-26(9-3,10-4)23-21-24(5)18-8-2/h25H,5,7-23H2,1-4,6H3. The number of hydrogen-bond acceptors (Lipinski definition) is 0. The molecule has 0 aromatic carbocycles. The molecule has 0 nitrogen and oxygen atoms in total. The molecular formula is C26H52. The maximum absolute atomic E-state index is 4.28. The highest BCUT2D eigenvalue weighted by molar-refractivity contribution is 4.95. The van der Waals surface area contributed by atoms with Crippen molar-refractivity contribution in [1.82, 2.24) is 0 Å². The maximum Gasteiger partial charge on any atom is -0.0300 e. The lowest BCUT2D eigenvalue weighted by atomic mass is 9.73. The second-order valence-corrected chi connectivity index (χ2v) is 9.11. The maximum atomic E-state index is 4.28. The van der Waals surface area contributed by atoms with E-state index >= 15 is 0 Å². The van der Waals surface area contributed by atoms with E-state index in [0.717, 1.165) is 5.92 Å². The molecule has 0 aliphatic heterocycles. The molecule has 0 aromatic heterocycles. The predicted octanol–water partition coefficient (Wildman–Crippen LogP) is 9.88. The SMILES string of the molecule is C=C(CCC)CCC(CC)(CC)CCCCCCCCC(C)CCCC. The number of unbranched alkanes of at least 4 members (excludes halogenated alkanes) is 6. The molecule has 0 saturated heterocycles. The first kappa shape index (κ1) is 25.7. The number of hydrogen-bond donors (Lipinski definition) is 0. The molecule has 0 N–H and O–H groups in total. The van der Waals surface area contributed by atoms with E-state index in [0.29, 0.717) is 5.41 Å². The highest BCUT2D eigenvalue weighted by atomic mass is 14.3. The minimum absolute atomic E-state index is 0.589. The Kier molecular flexibility index (Phi) is 16.7. The van der Waals surface area contributed by atoms with Crippen LogP contribution in [0.25, 0.3) is 0 Å². The van der Waals surface area contributed by atoms with Crippen LogP contribution >= 0.6 is 0 Å². The van der Waals surface area contributed by atoms with Gasteiger partial charge >= 0.3 is 0 Å². The van der Waals surface area contributed by atoms with Gasteiger partial charge in [-0.25, -0.2) is 0 Å². The van der Waals surface area contributed by atoms with Gasteiger partial charge in [-0.15, -0.1) is 0 Å². The molecule has 0 radical (unpaired) electrons. The number of allylic oxidation sites excluding steroid dienone is 1. The van der Waals surface area contributed by atoms with Gasteiger partial charge in [0.05, 0.1) is 0 Å². The van der Waals surface area contributed by atoms with Crippen LogP contribution in [-0.4, -0.2) is 0 Å². The highest BCUT2D eigenvalue weighted by Crippen LogP contribution is 2.39. The molecule has 1 atom stereocenters. The molecule has 0 heterocycles. The van der Waals surface area contributed by atoms with Crippen LogP contribution in [0.2, 0.25) is 0 Å². The van der Waals surface area contributed by atoms with E-state index in [4.69, 9.17) is 0 Å². The van der Waals surface area contributed by atoms with Crippen molar-refractivity contribution >= 4 is 0 Å². The minimum atomic E-state index is 0.589. The van der Waals surface area contributed by atoms with Crippen molar-refractivity contribution in [3.8, 4) is 0 Å². The zero-order chi connectivity index (χ0) is 19.7. The van der Waals surface area contributed by atoms with E-state index in [1.165, 1.54) is 115 Å². The Bertz CT molecular complexity index is 310. The largest absolute Gasteiger partial charge is 0.0999 e. The summed E-state index contributed by atoms with van der Waals surface area (Å²) in [7, 11) is 0. The second kappa shape index (κ2) is 16.9. The van der Waals surface area contributed by atoms with Gasteiger partial charge in [-0.05, 0) is 37.0 Å². The lowest BCUT2D eigenvalue weighted by Gasteiger charge is -2.32. The Balaban J connectivity index is 3.81. The molecule has 0 bridgehead atoms. The van der Waals surface area contributed by atoms with E-state index in [1.54, 1.807) is 0 Å². The van der Waals surface area contributed by atoms with Crippen molar-refractivity contribution in [3.05, 3.63) is 12.2 Å². The van der Waals surface area contributed by atoms with Crippen LogP contribution in [0, 0.1) is 11.3 Å². The van der Waals surface area contributed by atoms with Crippen LogP contribution in [0.15, 0.2) is 12.2 Å². The van der Waals surface area contributed by atoms with Gasteiger partial charge in [0.1, 0.15) is 0 Å². The van der Waals surface area contributed by atoms with E-state index in [2.05, 4.69) is 41.2 Å². The van der Waals surface area contributed by atoms with Crippen molar-refractivity contribution in [2.24, 2.45) is 11.3 Å². The van der Waals surface area contributed by atoms with Crippen molar-refractivity contribution in [3.63, 3.8) is 0 Å². The third-order valence-electron chi connectivity index (χ3n) is 6.82. The molecule has 0 spiro atoms. The van der Waals surface area contributed by atoms with Gasteiger partial charge in [-0.1, -0.05) is 130 Å². The predicted molar refractivity (Wildman–Crippen MR) is 122 cm³/mol. The first-order chi connectivity index (χ1) is 12.5. The van der Waals surface area contributed by atoms with Crippen molar-refractivity contribution in [1.29, 1.82) is 0 Å². The van der Waals surface area contributed by atoms with Crippen LogP contribution in [0.5, 0.6) is 0 Å². The topological polar surface area (TPSA) is 0 Å². The zero-order valence-corrected chi connectivity index (χ0v) is 19.3. The van der Waals surface area contributed by atoms with Crippen molar-refractivity contribution in [2.75, 3.05) is 0 Å². The Morgan fingerprint density at radius 3 is 1.85 bits per heavy atom. The molecule has 1 unspecified atom stereocenters. The molecule has 0 rings (SSSR count). The molecule has 0 fully saturated rings. The summed E-state index contributed by atoms with van der Waals surface area (Å²) in [5.74, 6) is 0.951. The Labute approximate surface area is 167 Å². The van der Waals surface area contributed by atoms with Gasteiger partial charge in [0.15, 0.2) is 0 Å². The average Bonchev–Trinajstić information content (AvgIpc) is 2.65. The van der Waals surface area contributed by atoms with E-state index in [-0.39, 0.29) is 0 Å². The Morgan fingerprint density at radius 2 is 1.27 bits per heavy atom. The first-order valence-corrected chi connectivity index (χ1v) is 12.2. The first-order valence-electron chi connectivity index (χ1n) is 12.2. The van der Waals surface area contributed by atoms with Crippen molar-refractivity contribution in [2.45, 2.75) is 144 Å². The van der Waals surface area contributed by atoms with Crippen molar-refractivity contribution < 1.29 is 0 Å². The highest BCUT2D eigenvalue weighted by Gasteiger charge is 2.25. The third-order valence-corrected chi connectivity index (χ3v) is 6.82. The molecule has 0 heteroatoms. The molecule has 0 amide bonds. The summed E-state index contributed by atoms with van der Waals surface area (Å²) >= 11 is 0. The fourth-order valence-corrected chi connectivity index (χ4v) is 4.40. The lowest BCUT2D eigenvalue weighted by Crippen LogP contribution is -2.19. The molecule has 0 aromatic rings. The monoisotopic (exact) mass is 364 g/mol. The van der Waals surface area contributed by atoms with Gasteiger partial charge in [-0.3, -0.25) is 0 Å². The summed E-state index contributed by atoms with van der Waals surface area (Å²) in [4.78, 5) is 0. The van der Waals surface area contributed by atoms with Crippen LogP contribution in [0.3, 0.4) is 0 Å². The summed E-state index contributed by atoms with van der Waals surface area (Å²) in [6, 6.07) is 0. The summed E-state index contributed by atoms with van der Waals surface area (Å²) in [5.41, 5.74) is 2.07. The zero-order valence-electron chi connectivity index (χ0n) is 19.3. The smallest absolute Gasteiger partial charge is 0.0300 e. The molecule has 26 heavy (non-hydrogen) atoms. The molecule has 0 aliphatic carbocycles. The summed E-state index contributed by atoms with van der Waals surface area (Å²) in [6.45, 7) is 16.1. The average molecular weight is 365 g/mol. The van der Waals surface area contributed by atoms with Gasteiger partial charge in [0.2, 0.25) is 0 Å². The quantitative estimate of drug-likeness (QED) is 0.158. The fourth-order valence-electron chi connectivity index (χ4n) is 4.40. The Hall–Kier alpha value is -0.260. The molecule has 156 valence electrons. The molecular weight excluding hydrogens is 312 g/mol.